The molecule has 1 amide bonds. The predicted molar refractivity (Wildman–Crippen MR) is 102 cm³/mol. The summed E-state index contributed by atoms with van der Waals surface area (Å²) in [7, 11) is 0. The number of halogens is 1. The quantitative estimate of drug-likeness (QED) is 0.818. The van der Waals surface area contributed by atoms with E-state index in [1.54, 1.807) is 39.2 Å². The van der Waals surface area contributed by atoms with Gasteiger partial charge in [-0.2, -0.15) is 0 Å². The molecule has 0 saturated heterocycles. The van der Waals surface area contributed by atoms with Crippen molar-refractivity contribution in [1.82, 2.24) is 9.97 Å². The smallest absolute Gasteiger partial charge is 0.229 e. The molecule has 0 bridgehead atoms. The van der Waals surface area contributed by atoms with Crippen LogP contribution >= 0.6 is 0 Å². The average molecular weight is 367 g/mol. The molecule has 0 aliphatic heterocycles. The van der Waals surface area contributed by atoms with Gasteiger partial charge in [-0.25, -0.2) is 4.39 Å². The summed E-state index contributed by atoms with van der Waals surface area (Å²) in [6, 6.07) is 4.04. The third-order valence-electron chi connectivity index (χ3n) is 4.50. The summed E-state index contributed by atoms with van der Waals surface area (Å²) in [6.45, 7) is 7.31. The van der Waals surface area contributed by atoms with Gasteiger partial charge in [-0.15, -0.1) is 0 Å². The predicted octanol–water partition coefficient (Wildman–Crippen LogP) is 4.37. The Kier molecular flexibility index (Phi) is 4.91. The van der Waals surface area contributed by atoms with E-state index in [2.05, 4.69) is 15.3 Å². The first-order valence-corrected chi connectivity index (χ1v) is 8.84. The molecule has 1 atom stereocenters. The summed E-state index contributed by atoms with van der Waals surface area (Å²) >= 11 is 0. The number of rotatable bonds is 3. The highest BCUT2D eigenvalue weighted by atomic mass is 19.1. The molecule has 1 heterocycles. The molecular formula is C21H22FN3O2. The van der Waals surface area contributed by atoms with Crippen molar-refractivity contribution in [2.24, 2.45) is 5.41 Å². The first kappa shape index (κ1) is 18.9. The van der Waals surface area contributed by atoms with Crippen molar-refractivity contribution < 1.29 is 14.0 Å². The molecule has 5 nitrogen and oxygen atoms in total. The lowest BCUT2D eigenvalue weighted by Crippen LogP contribution is -2.27. The van der Waals surface area contributed by atoms with E-state index >= 15 is 0 Å². The number of nitrogens with zero attached hydrogens (tertiary/aromatic N) is 2. The molecule has 1 N–H and O–H groups in total. The normalized spacial score (nSPS) is 16.3. The van der Waals surface area contributed by atoms with Gasteiger partial charge in [0.1, 0.15) is 5.82 Å². The van der Waals surface area contributed by atoms with Crippen LogP contribution in [0.1, 0.15) is 61.8 Å². The standard InChI is InChI=1S/C21H22FN3O2/c1-12-9-13(10-17-18(12)24-8-7-23-17)19(26)15-11-14(5-6-16(15)22)25-20(27)21(2,3)4/h5-8,10-12H,9H2,1-4H3,(H,25,27). The summed E-state index contributed by atoms with van der Waals surface area (Å²) in [5, 5.41) is 2.73. The summed E-state index contributed by atoms with van der Waals surface area (Å²) in [5.74, 6) is -1.21. The van der Waals surface area contributed by atoms with E-state index < -0.39 is 17.0 Å². The molecule has 0 saturated carbocycles. The van der Waals surface area contributed by atoms with E-state index in [0.29, 0.717) is 23.4 Å². The maximum Gasteiger partial charge on any atom is 0.229 e. The van der Waals surface area contributed by atoms with Crippen molar-refractivity contribution in [3.05, 3.63) is 58.9 Å². The number of aromatic nitrogens is 2. The van der Waals surface area contributed by atoms with E-state index in [-0.39, 0.29) is 17.4 Å². The minimum absolute atomic E-state index is 0.0180. The lowest BCUT2D eigenvalue weighted by atomic mass is 9.86. The van der Waals surface area contributed by atoms with Crippen LogP contribution in [0.5, 0.6) is 0 Å². The van der Waals surface area contributed by atoms with Crippen molar-refractivity contribution in [2.45, 2.75) is 40.0 Å². The van der Waals surface area contributed by atoms with Gasteiger partial charge in [0, 0.05) is 35.0 Å². The Labute approximate surface area is 157 Å². The van der Waals surface area contributed by atoms with Crippen LogP contribution in [0.25, 0.3) is 6.08 Å². The number of carbonyl (C=O) groups excluding carboxylic acids is 2. The van der Waals surface area contributed by atoms with Gasteiger partial charge in [-0.05, 0) is 30.7 Å². The number of allylic oxidation sites excluding steroid dienone is 1. The number of hydrogen-bond acceptors (Lipinski definition) is 4. The molecule has 1 aliphatic carbocycles. The highest BCUT2D eigenvalue weighted by Gasteiger charge is 2.26. The van der Waals surface area contributed by atoms with Crippen molar-refractivity contribution in [1.29, 1.82) is 0 Å². The van der Waals surface area contributed by atoms with Crippen LogP contribution in [0.2, 0.25) is 0 Å². The van der Waals surface area contributed by atoms with E-state index in [9.17, 15) is 14.0 Å². The number of fused-ring (bicyclic) bond motifs is 1. The van der Waals surface area contributed by atoms with Gasteiger partial charge in [0.15, 0.2) is 5.78 Å². The Morgan fingerprint density at radius 3 is 2.59 bits per heavy atom. The number of anilines is 1. The topological polar surface area (TPSA) is 72.0 Å². The van der Waals surface area contributed by atoms with Gasteiger partial charge >= 0.3 is 0 Å². The summed E-state index contributed by atoms with van der Waals surface area (Å²) in [4.78, 5) is 33.7. The van der Waals surface area contributed by atoms with Crippen LogP contribution in [0.3, 0.4) is 0 Å². The van der Waals surface area contributed by atoms with Crippen LogP contribution in [0, 0.1) is 11.2 Å². The molecule has 140 valence electrons. The monoisotopic (exact) mass is 367 g/mol. The number of carbonyl (C=O) groups is 2. The zero-order chi connectivity index (χ0) is 19.8. The van der Waals surface area contributed by atoms with E-state index in [0.717, 1.165) is 5.69 Å². The van der Waals surface area contributed by atoms with Gasteiger partial charge in [0.2, 0.25) is 5.91 Å². The molecule has 0 fully saturated rings. The number of benzene rings is 1. The molecular weight excluding hydrogens is 345 g/mol. The van der Waals surface area contributed by atoms with Crippen LogP contribution < -0.4 is 5.32 Å². The largest absolute Gasteiger partial charge is 0.326 e. The van der Waals surface area contributed by atoms with Gasteiger partial charge in [0.25, 0.3) is 0 Å². The molecule has 3 rings (SSSR count). The summed E-state index contributed by atoms with van der Waals surface area (Å²) in [6.07, 6.45) is 5.32. The number of hydrogen-bond donors (Lipinski definition) is 1. The highest BCUT2D eigenvalue weighted by Crippen LogP contribution is 2.33. The third-order valence-corrected chi connectivity index (χ3v) is 4.50. The molecule has 0 spiro atoms. The maximum atomic E-state index is 14.4. The molecule has 0 radical (unpaired) electrons. The van der Waals surface area contributed by atoms with Crippen LogP contribution in [-0.2, 0) is 4.79 Å². The van der Waals surface area contributed by atoms with Crippen molar-refractivity contribution >= 4 is 23.5 Å². The summed E-state index contributed by atoms with van der Waals surface area (Å²) < 4.78 is 14.4. The second kappa shape index (κ2) is 7.02. The minimum atomic E-state index is -0.618. The summed E-state index contributed by atoms with van der Waals surface area (Å²) in [5.41, 5.74) is 1.69. The van der Waals surface area contributed by atoms with Crippen LogP contribution in [0.4, 0.5) is 10.1 Å². The van der Waals surface area contributed by atoms with E-state index in [1.807, 2.05) is 6.92 Å². The highest BCUT2D eigenvalue weighted by molar-refractivity contribution is 6.12. The SMILES string of the molecule is CC1CC(C(=O)c2cc(NC(=O)C(C)(C)C)ccc2F)=Cc2nccnc21. The zero-order valence-electron chi connectivity index (χ0n) is 15.8. The average Bonchev–Trinajstić information content (AvgIpc) is 2.62. The maximum absolute atomic E-state index is 14.4. The molecule has 6 heteroatoms. The zero-order valence-corrected chi connectivity index (χ0v) is 15.8. The first-order chi connectivity index (χ1) is 12.7. The van der Waals surface area contributed by atoms with E-state index in [4.69, 9.17) is 0 Å². The van der Waals surface area contributed by atoms with Gasteiger partial charge < -0.3 is 5.32 Å². The molecule has 1 aromatic heterocycles. The molecule has 1 aliphatic rings. The number of Topliss-reactive ketones (excluding diaryl/α,β-unsaturated/α-hetero) is 1. The molecule has 1 unspecified atom stereocenters. The van der Waals surface area contributed by atoms with Crippen LogP contribution in [-0.4, -0.2) is 21.7 Å². The Balaban J connectivity index is 1.93. The lowest BCUT2D eigenvalue weighted by molar-refractivity contribution is -0.123. The van der Waals surface area contributed by atoms with E-state index in [1.165, 1.54) is 18.2 Å². The Bertz CT molecular complexity index is 945. The fourth-order valence-corrected chi connectivity index (χ4v) is 2.93. The molecule has 2 aromatic rings. The second-order valence-corrected chi connectivity index (χ2v) is 7.83. The Morgan fingerprint density at radius 2 is 1.89 bits per heavy atom. The Hall–Kier alpha value is -2.89. The minimum Gasteiger partial charge on any atom is -0.326 e. The van der Waals surface area contributed by atoms with Crippen molar-refractivity contribution in [3.8, 4) is 0 Å². The number of ketones is 1. The fraction of sp³-hybridized carbons (Fsp3) is 0.333. The van der Waals surface area contributed by atoms with Gasteiger partial charge in [-0.3, -0.25) is 19.6 Å². The first-order valence-electron chi connectivity index (χ1n) is 8.84. The van der Waals surface area contributed by atoms with Gasteiger partial charge in [0.05, 0.1) is 17.0 Å². The Morgan fingerprint density at radius 1 is 1.19 bits per heavy atom. The third kappa shape index (κ3) is 3.94. The number of amides is 1. The molecule has 1 aromatic carbocycles. The van der Waals surface area contributed by atoms with Crippen molar-refractivity contribution in [3.63, 3.8) is 0 Å². The second-order valence-electron chi connectivity index (χ2n) is 7.83. The van der Waals surface area contributed by atoms with Crippen molar-refractivity contribution in [2.75, 3.05) is 5.32 Å². The van der Waals surface area contributed by atoms with Gasteiger partial charge in [-0.1, -0.05) is 27.7 Å². The number of nitrogens with one attached hydrogen (secondary N) is 1. The van der Waals surface area contributed by atoms with Crippen LogP contribution in [0.15, 0.2) is 36.2 Å². The fourth-order valence-electron chi connectivity index (χ4n) is 2.93. The molecule has 27 heavy (non-hydrogen) atoms. The lowest BCUT2D eigenvalue weighted by Gasteiger charge is -2.21.